The van der Waals surface area contributed by atoms with E-state index < -0.39 is 16.6 Å². The largest absolute Gasteiger partial charge is 0.337 e. The van der Waals surface area contributed by atoms with Gasteiger partial charge in [0, 0.05) is 25.2 Å². The van der Waals surface area contributed by atoms with Gasteiger partial charge in [-0.25, -0.2) is 4.39 Å². The Bertz CT molecular complexity index is 597. The molecule has 1 aliphatic rings. The van der Waals surface area contributed by atoms with Gasteiger partial charge in [-0.1, -0.05) is 0 Å². The number of hydrogen-bond donors (Lipinski definition) is 0. The maximum absolute atomic E-state index is 13.7. The molecule has 6 nitrogen and oxygen atoms in total. The van der Waals surface area contributed by atoms with Crippen LogP contribution in [-0.2, 0) is 0 Å². The van der Waals surface area contributed by atoms with Crippen LogP contribution in [0.25, 0.3) is 0 Å². The molecule has 1 heterocycles. The third kappa shape index (κ3) is 2.74. The molecule has 0 radical (unpaired) electrons. The molecule has 1 atom stereocenters. The molecule has 7 heteroatoms. The second-order valence-electron chi connectivity index (χ2n) is 4.64. The van der Waals surface area contributed by atoms with Crippen LogP contribution >= 0.6 is 0 Å². The van der Waals surface area contributed by atoms with Crippen molar-refractivity contribution in [3.05, 3.63) is 39.7 Å². The Morgan fingerprint density at radius 1 is 1.55 bits per heavy atom. The van der Waals surface area contributed by atoms with Gasteiger partial charge >= 0.3 is 0 Å². The van der Waals surface area contributed by atoms with Gasteiger partial charge < -0.3 is 4.90 Å². The summed E-state index contributed by atoms with van der Waals surface area (Å²) in [5.41, 5.74) is -0.651. The summed E-state index contributed by atoms with van der Waals surface area (Å²) >= 11 is 0. The molecule has 0 aromatic heterocycles. The molecule has 0 bridgehead atoms. The highest BCUT2D eigenvalue weighted by Gasteiger charge is 2.27. The quantitative estimate of drug-likeness (QED) is 0.611. The van der Waals surface area contributed by atoms with E-state index >= 15 is 0 Å². The number of rotatable bonds is 2. The minimum absolute atomic E-state index is 0.234. The lowest BCUT2D eigenvalue weighted by atomic mass is 9.99. The van der Waals surface area contributed by atoms with Crippen molar-refractivity contribution in [1.82, 2.24) is 4.90 Å². The van der Waals surface area contributed by atoms with Gasteiger partial charge in [0.15, 0.2) is 0 Å². The number of non-ortho nitro benzene ring substituents is 1. The van der Waals surface area contributed by atoms with Crippen molar-refractivity contribution in [3.8, 4) is 6.07 Å². The summed E-state index contributed by atoms with van der Waals surface area (Å²) in [6, 6.07) is 4.95. The third-order valence-corrected chi connectivity index (χ3v) is 3.28. The van der Waals surface area contributed by atoms with Crippen LogP contribution in [0.3, 0.4) is 0 Å². The first-order valence-corrected chi connectivity index (χ1v) is 6.15. The van der Waals surface area contributed by atoms with Crippen molar-refractivity contribution in [2.75, 3.05) is 13.1 Å². The predicted octanol–water partition coefficient (Wildman–Crippen LogP) is 2.11. The Kier molecular flexibility index (Phi) is 3.94. The Morgan fingerprint density at radius 3 is 2.95 bits per heavy atom. The Morgan fingerprint density at radius 2 is 2.30 bits per heavy atom. The van der Waals surface area contributed by atoms with Gasteiger partial charge in [0.1, 0.15) is 5.82 Å². The molecule has 1 saturated heterocycles. The van der Waals surface area contributed by atoms with Crippen molar-refractivity contribution < 1.29 is 14.1 Å². The molecule has 20 heavy (non-hydrogen) atoms. The zero-order valence-corrected chi connectivity index (χ0v) is 10.6. The van der Waals surface area contributed by atoms with Crippen LogP contribution in [-0.4, -0.2) is 28.8 Å². The van der Waals surface area contributed by atoms with E-state index in [1.807, 2.05) is 0 Å². The van der Waals surface area contributed by atoms with Crippen molar-refractivity contribution in [1.29, 1.82) is 5.26 Å². The van der Waals surface area contributed by atoms with Crippen molar-refractivity contribution in [3.63, 3.8) is 0 Å². The molecule has 1 fully saturated rings. The van der Waals surface area contributed by atoms with Crippen molar-refractivity contribution in [2.24, 2.45) is 5.92 Å². The first-order chi connectivity index (χ1) is 9.52. The number of benzene rings is 1. The van der Waals surface area contributed by atoms with Gasteiger partial charge in [-0.15, -0.1) is 0 Å². The first kappa shape index (κ1) is 13.9. The zero-order valence-electron chi connectivity index (χ0n) is 10.6. The lowest BCUT2D eigenvalue weighted by molar-refractivity contribution is -0.384. The summed E-state index contributed by atoms with van der Waals surface area (Å²) in [5.74, 6) is -1.67. The number of hydrogen-bond acceptors (Lipinski definition) is 4. The highest BCUT2D eigenvalue weighted by molar-refractivity contribution is 5.95. The predicted molar refractivity (Wildman–Crippen MR) is 67.3 cm³/mol. The molecule has 1 unspecified atom stereocenters. The van der Waals surface area contributed by atoms with Crippen LogP contribution in [0.4, 0.5) is 10.1 Å². The first-order valence-electron chi connectivity index (χ1n) is 6.15. The number of nitro benzene ring substituents is 1. The molecule has 1 aromatic carbocycles. The minimum Gasteiger partial charge on any atom is -0.337 e. The standard InChI is InChI=1S/C13H12FN3O3/c14-12-4-3-10(17(19)20)6-11(12)13(18)16-5-1-2-9(7-15)8-16/h3-4,6,9H,1-2,5,8H2. The number of carbonyl (C=O) groups excluding carboxylic acids is 1. The number of piperidine rings is 1. The molecular formula is C13H12FN3O3. The summed E-state index contributed by atoms with van der Waals surface area (Å²) in [5, 5.41) is 19.6. The SMILES string of the molecule is N#CC1CCCN(C(=O)c2cc([N+](=O)[O-])ccc2F)C1. The Hall–Kier alpha value is -2.49. The second-order valence-corrected chi connectivity index (χ2v) is 4.64. The topological polar surface area (TPSA) is 87.2 Å². The van der Waals surface area contributed by atoms with Gasteiger partial charge in [-0.3, -0.25) is 14.9 Å². The lowest BCUT2D eigenvalue weighted by Crippen LogP contribution is -2.39. The average molecular weight is 277 g/mol. The number of halogens is 1. The van der Waals surface area contributed by atoms with E-state index in [1.54, 1.807) is 0 Å². The summed E-state index contributed by atoms with van der Waals surface area (Å²) < 4.78 is 13.7. The van der Waals surface area contributed by atoms with Crippen LogP contribution in [0.5, 0.6) is 0 Å². The molecule has 0 saturated carbocycles. The molecule has 2 rings (SSSR count). The Balaban J connectivity index is 2.26. The number of carbonyl (C=O) groups is 1. The average Bonchev–Trinajstić information content (AvgIpc) is 2.46. The van der Waals surface area contributed by atoms with Gasteiger partial charge in [0.25, 0.3) is 11.6 Å². The Labute approximate surface area is 114 Å². The third-order valence-electron chi connectivity index (χ3n) is 3.28. The maximum Gasteiger partial charge on any atom is 0.270 e. The molecule has 0 aliphatic carbocycles. The fourth-order valence-corrected chi connectivity index (χ4v) is 2.23. The lowest BCUT2D eigenvalue weighted by Gasteiger charge is -2.29. The smallest absolute Gasteiger partial charge is 0.270 e. The maximum atomic E-state index is 13.7. The van der Waals surface area contributed by atoms with Crippen LogP contribution < -0.4 is 0 Å². The number of nitro groups is 1. The van der Waals surface area contributed by atoms with E-state index in [2.05, 4.69) is 6.07 Å². The molecule has 0 N–H and O–H groups in total. The van der Waals surface area contributed by atoms with Gasteiger partial charge in [-0.2, -0.15) is 5.26 Å². The molecule has 1 amide bonds. The minimum atomic E-state index is -0.792. The number of nitriles is 1. The molecule has 1 aliphatic heterocycles. The van der Waals surface area contributed by atoms with Crippen LogP contribution in [0.15, 0.2) is 18.2 Å². The van der Waals surface area contributed by atoms with Crippen molar-refractivity contribution >= 4 is 11.6 Å². The van der Waals surface area contributed by atoms with Gasteiger partial charge in [0.2, 0.25) is 0 Å². The van der Waals surface area contributed by atoms with E-state index in [-0.39, 0.29) is 23.7 Å². The van der Waals surface area contributed by atoms with Crippen LogP contribution in [0.2, 0.25) is 0 Å². The van der Waals surface area contributed by atoms with E-state index in [1.165, 1.54) is 4.90 Å². The number of nitrogens with zero attached hydrogens (tertiary/aromatic N) is 3. The van der Waals surface area contributed by atoms with Crippen molar-refractivity contribution in [2.45, 2.75) is 12.8 Å². The van der Waals surface area contributed by atoms with E-state index in [4.69, 9.17) is 5.26 Å². The molecule has 1 aromatic rings. The highest BCUT2D eigenvalue weighted by Crippen LogP contribution is 2.22. The number of amides is 1. The monoisotopic (exact) mass is 277 g/mol. The molecule has 0 spiro atoms. The zero-order chi connectivity index (χ0) is 14.7. The van der Waals surface area contributed by atoms with E-state index in [0.29, 0.717) is 19.4 Å². The summed E-state index contributed by atoms with van der Waals surface area (Å²) in [6.07, 6.45) is 1.37. The van der Waals surface area contributed by atoms with Gasteiger partial charge in [-0.05, 0) is 18.9 Å². The number of likely N-dealkylation sites (tertiary alicyclic amines) is 1. The highest BCUT2D eigenvalue weighted by atomic mass is 19.1. The van der Waals surface area contributed by atoms with Crippen LogP contribution in [0, 0.1) is 33.2 Å². The normalized spacial score (nSPS) is 18.4. The van der Waals surface area contributed by atoms with Gasteiger partial charge in [0.05, 0.1) is 22.5 Å². The fourth-order valence-electron chi connectivity index (χ4n) is 2.23. The summed E-state index contributed by atoms with van der Waals surface area (Å²) in [4.78, 5) is 23.6. The van der Waals surface area contributed by atoms with Crippen LogP contribution in [0.1, 0.15) is 23.2 Å². The molecular weight excluding hydrogens is 265 g/mol. The molecule has 104 valence electrons. The second kappa shape index (κ2) is 5.65. The summed E-state index contributed by atoms with van der Waals surface area (Å²) in [7, 11) is 0. The fraction of sp³-hybridized carbons (Fsp3) is 0.385. The summed E-state index contributed by atoms with van der Waals surface area (Å²) in [6.45, 7) is 0.663. The van der Waals surface area contributed by atoms with E-state index in [0.717, 1.165) is 18.2 Å². The van der Waals surface area contributed by atoms with E-state index in [9.17, 15) is 19.3 Å².